The van der Waals surface area contributed by atoms with Crippen LogP contribution in [-0.2, 0) is 4.79 Å². The molecule has 0 fully saturated rings. The van der Waals surface area contributed by atoms with Gasteiger partial charge >= 0.3 is 0 Å². The van der Waals surface area contributed by atoms with Gasteiger partial charge in [-0.3, -0.25) is 4.79 Å². The molecule has 0 aliphatic heterocycles. The summed E-state index contributed by atoms with van der Waals surface area (Å²) in [6.45, 7) is 0.139. The molecule has 5 heteroatoms. The van der Waals surface area contributed by atoms with Crippen LogP contribution in [0.3, 0.4) is 0 Å². The number of hydrogen-bond donors (Lipinski definition) is 2. The van der Waals surface area contributed by atoms with Crippen LogP contribution in [0.4, 0.5) is 11.4 Å². The Labute approximate surface area is 157 Å². The van der Waals surface area contributed by atoms with Gasteiger partial charge in [-0.05, 0) is 41.5 Å². The fraction of sp³-hybridized carbons (Fsp3) is 0.0952. The van der Waals surface area contributed by atoms with Crippen molar-refractivity contribution < 1.29 is 9.53 Å². The molecule has 132 valence electrons. The molecule has 0 atom stereocenters. The maximum Gasteiger partial charge on any atom is 0.243 e. The van der Waals surface area contributed by atoms with Crippen LogP contribution in [-0.4, -0.2) is 19.6 Å². The van der Waals surface area contributed by atoms with Crippen molar-refractivity contribution in [1.29, 1.82) is 0 Å². The van der Waals surface area contributed by atoms with Gasteiger partial charge in [0.05, 0.1) is 19.3 Å². The summed E-state index contributed by atoms with van der Waals surface area (Å²) in [6.07, 6.45) is 0. The summed E-state index contributed by atoms with van der Waals surface area (Å²) in [6, 6.07) is 23.2. The van der Waals surface area contributed by atoms with E-state index in [9.17, 15) is 4.79 Å². The molecule has 3 aromatic rings. The summed E-state index contributed by atoms with van der Waals surface area (Å²) in [7, 11) is 1.55. The second-order valence-corrected chi connectivity index (χ2v) is 6.13. The fourth-order valence-electron chi connectivity index (χ4n) is 2.57. The summed E-state index contributed by atoms with van der Waals surface area (Å²) >= 11 is 5.97. The molecule has 0 saturated carbocycles. The summed E-state index contributed by atoms with van der Waals surface area (Å²) in [4.78, 5) is 12.2. The van der Waals surface area contributed by atoms with Gasteiger partial charge in [-0.2, -0.15) is 0 Å². The molecule has 1 amide bonds. The van der Waals surface area contributed by atoms with Crippen molar-refractivity contribution in [2.24, 2.45) is 0 Å². The van der Waals surface area contributed by atoms with E-state index in [1.807, 2.05) is 42.5 Å². The molecule has 2 N–H and O–H groups in total. The van der Waals surface area contributed by atoms with E-state index in [1.165, 1.54) is 0 Å². The maximum absolute atomic E-state index is 12.2. The molecule has 0 aliphatic rings. The van der Waals surface area contributed by atoms with Crippen LogP contribution in [0.1, 0.15) is 0 Å². The topological polar surface area (TPSA) is 50.4 Å². The second kappa shape index (κ2) is 8.41. The van der Waals surface area contributed by atoms with Crippen molar-refractivity contribution in [2.45, 2.75) is 0 Å². The molecule has 0 saturated heterocycles. The summed E-state index contributed by atoms with van der Waals surface area (Å²) < 4.78 is 5.23. The Bertz CT molecular complexity index is 880. The third-order valence-corrected chi connectivity index (χ3v) is 4.12. The number of halogens is 1. The van der Waals surface area contributed by atoms with Gasteiger partial charge in [-0.1, -0.05) is 54.1 Å². The lowest BCUT2D eigenvalue weighted by molar-refractivity contribution is -0.114. The van der Waals surface area contributed by atoms with Gasteiger partial charge < -0.3 is 15.4 Å². The van der Waals surface area contributed by atoms with Gasteiger partial charge in [0, 0.05) is 10.7 Å². The highest BCUT2D eigenvalue weighted by Gasteiger charge is 2.08. The lowest BCUT2D eigenvalue weighted by Gasteiger charge is -2.12. The number of benzene rings is 3. The Balaban J connectivity index is 1.59. The van der Waals surface area contributed by atoms with Gasteiger partial charge in [-0.15, -0.1) is 0 Å². The quantitative estimate of drug-likeness (QED) is 0.640. The van der Waals surface area contributed by atoms with Crippen molar-refractivity contribution in [3.05, 3.63) is 77.8 Å². The van der Waals surface area contributed by atoms with E-state index in [4.69, 9.17) is 16.3 Å². The summed E-state index contributed by atoms with van der Waals surface area (Å²) in [5, 5.41) is 6.44. The zero-order valence-electron chi connectivity index (χ0n) is 14.3. The minimum Gasteiger partial charge on any atom is -0.495 e. The molecular weight excluding hydrogens is 348 g/mol. The third kappa shape index (κ3) is 4.55. The highest BCUT2D eigenvalue weighted by Crippen LogP contribution is 2.27. The number of nitrogens with one attached hydrogen (secondary N) is 2. The molecule has 0 aromatic heterocycles. The van der Waals surface area contributed by atoms with Crippen molar-refractivity contribution in [3.8, 4) is 16.9 Å². The van der Waals surface area contributed by atoms with E-state index < -0.39 is 0 Å². The number of amides is 1. The first-order valence-corrected chi connectivity index (χ1v) is 8.56. The van der Waals surface area contributed by atoms with Crippen molar-refractivity contribution in [3.63, 3.8) is 0 Å². The normalized spacial score (nSPS) is 10.2. The number of ether oxygens (including phenoxy) is 1. The van der Waals surface area contributed by atoms with E-state index in [0.717, 1.165) is 16.8 Å². The zero-order chi connectivity index (χ0) is 18.4. The Hall–Kier alpha value is -2.98. The standard InChI is InChI=1S/C21H19ClN2O2/c1-26-20-12-9-17(22)13-19(20)24-21(25)14-23-18-10-7-16(8-11-18)15-5-3-2-4-6-15/h2-13,23H,14H2,1H3,(H,24,25). The number of hydrogen-bond acceptors (Lipinski definition) is 3. The SMILES string of the molecule is COc1ccc(Cl)cc1NC(=O)CNc1ccc(-c2ccccc2)cc1. The van der Waals surface area contributed by atoms with E-state index in [0.29, 0.717) is 16.5 Å². The van der Waals surface area contributed by atoms with Crippen LogP contribution in [0, 0.1) is 0 Å². The van der Waals surface area contributed by atoms with Gasteiger partial charge in [0.15, 0.2) is 0 Å². The first-order valence-electron chi connectivity index (χ1n) is 8.18. The van der Waals surface area contributed by atoms with Gasteiger partial charge in [0.25, 0.3) is 0 Å². The molecule has 0 bridgehead atoms. The number of carbonyl (C=O) groups excluding carboxylic acids is 1. The lowest BCUT2D eigenvalue weighted by atomic mass is 10.1. The predicted molar refractivity (Wildman–Crippen MR) is 107 cm³/mol. The molecule has 0 spiro atoms. The minimum atomic E-state index is -0.183. The van der Waals surface area contributed by atoms with Gasteiger partial charge in [-0.25, -0.2) is 0 Å². The predicted octanol–water partition coefficient (Wildman–Crippen LogP) is 5.07. The van der Waals surface area contributed by atoms with E-state index >= 15 is 0 Å². The average Bonchev–Trinajstić information content (AvgIpc) is 2.68. The highest BCUT2D eigenvalue weighted by atomic mass is 35.5. The molecule has 3 aromatic carbocycles. The van der Waals surface area contributed by atoms with Crippen LogP contribution in [0.2, 0.25) is 5.02 Å². The van der Waals surface area contributed by atoms with Crippen LogP contribution in [0.5, 0.6) is 5.75 Å². The first-order chi connectivity index (χ1) is 12.7. The fourth-order valence-corrected chi connectivity index (χ4v) is 2.74. The van der Waals surface area contributed by atoms with Crippen molar-refractivity contribution in [2.75, 3.05) is 24.3 Å². The van der Waals surface area contributed by atoms with Crippen LogP contribution >= 0.6 is 11.6 Å². The molecule has 26 heavy (non-hydrogen) atoms. The summed E-state index contributed by atoms with van der Waals surface area (Å²) in [5.41, 5.74) is 3.71. The number of rotatable bonds is 6. The Morgan fingerprint density at radius 2 is 1.65 bits per heavy atom. The van der Waals surface area contributed by atoms with E-state index in [1.54, 1.807) is 25.3 Å². The Morgan fingerprint density at radius 3 is 2.35 bits per heavy atom. The Kier molecular flexibility index (Phi) is 5.77. The monoisotopic (exact) mass is 366 g/mol. The van der Waals surface area contributed by atoms with Crippen molar-refractivity contribution in [1.82, 2.24) is 0 Å². The largest absolute Gasteiger partial charge is 0.495 e. The van der Waals surface area contributed by atoms with E-state index in [-0.39, 0.29) is 12.5 Å². The minimum absolute atomic E-state index is 0.139. The maximum atomic E-state index is 12.2. The van der Waals surface area contributed by atoms with E-state index in [2.05, 4.69) is 22.8 Å². The highest BCUT2D eigenvalue weighted by molar-refractivity contribution is 6.31. The van der Waals surface area contributed by atoms with Gasteiger partial charge in [0.1, 0.15) is 5.75 Å². The second-order valence-electron chi connectivity index (χ2n) is 5.69. The molecule has 4 nitrogen and oxygen atoms in total. The average molecular weight is 367 g/mol. The number of carbonyl (C=O) groups is 1. The van der Waals surface area contributed by atoms with Crippen molar-refractivity contribution >= 4 is 28.9 Å². The molecule has 3 rings (SSSR count). The smallest absolute Gasteiger partial charge is 0.243 e. The molecular formula is C21H19ClN2O2. The van der Waals surface area contributed by atoms with Crippen LogP contribution in [0.15, 0.2) is 72.8 Å². The summed E-state index contributed by atoms with van der Waals surface area (Å²) in [5.74, 6) is 0.382. The molecule has 0 heterocycles. The van der Waals surface area contributed by atoms with Crippen LogP contribution < -0.4 is 15.4 Å². The van der Waals surface area contributed by atoms with Gasteiger partial charge in [0.2, 0.25) is 5.91 Å². The van der Waals surface area contributed by atoms with Crippen LogP contribution in [0.25, 0.3) is 11.1 Å². The number of anilines is 2. The molecule has 0 radical (unpaired) electrons. The Morgan fingerprint density at radius 1 is 0.962 bits per heavy atom. The number of methoxy groups -OCH3 is 1. The third-order valence-electron chi connectivity index (χ3n) is 3.88. The first kappa shape index (κ1) is 17.8. The lowest BCUT2D eigenvalue weighted by Crippen LogP contribution is -2.22. The zero-order valence-corrected chi connectivity index (χ0v) is 15.1. The molecule has 0 unspecified atom stereocenters. The molecule has 0 aliphatic carbocycles.